The lowest BCUT2D eigenvalue weighted by Gasteiger charge is -2.16. The van der Waals surface area contributed by atoms with Crippen LogP contribution in [0.25, 0.3) is 0 Å². The van der Waals surface area contributed by atoms with Crippen molar-refractivity contribution in [2.75, 3.05) is 6.54 Å². The van der Waals surface area contributed by atoms with Crippen molar-refractivity contribution in [3.63, 3.8) is 0 Å². The van der Waals surface area contributed by atoms with Gasteiger partial charge in [-0.1, -0.05) is 6.92 Å². The highest BCUT2D eigenvalue weighted by molar-refractivity contribution is 9.10. The van der Waals surface area contributed by atoms with Crippen molar-refractivity contribution in [2.45, 2.75) is 26.8 Å². The number of rotatable bonds is 4. The normalized spacial score (nSPS) is 12.9. The Morgan fingerprint density at radius 1 is 1.47 bits per heavy atom. The lowest BCUT2D eigenvalue weighted by atomic mass is 10.1. The van der Waals surface area contributed by atoms with E-state index in [0.29, 0.717) is 0 Å². The number of furan rings is 1. The molecule has 2 nitrogen and oxygen atoms in total. The predicted octanol–water partition coefficient (Wildman–Crippen LogP) is 4.42. The van der Waals surface area contributed by atoms with E-state index in [-0.39, 0.29) is 6.04 Å². The molecule has 0 aliphatic rings. The third-order valence-electron chi connectivity index (χ3n) is 2.72. The quantitative estimate of drug-likeness (QED) is 0.904. The second kappa shape index (κ2) is 5.38. The van der Waals surface area contributed by atoms with Gasteiger partial charge in [0, 0.05) is 19.8 Å². The third-order valence-corrected chi connectivity index (χ3v) is 4.75. The summed E-state index contributed by atoms with van der Waals surface area (Å²) >= 11 is 5.46. The molecule has 2 rings (SSSR count). The summed E-state index contributed by atoms with van der Waals surface area (Å²) in [6.45, 7) is 7.19. The van der Waals surface area contributed by atoms with Gasteiger partial charge in [0.05, 0.1) is 12.3 Å². The van der Waals surface area contributed by atoms with E-state index in [2.05, 4.69) is 41.2 Å². The van der Waals surface area contributed by atoms with E-state index in [1.807, 2.05) is 24.3 Å². The fourth-order valence-corrected chi connectivity index (χ4v) is 3.92. The molecule has 0 aliphatic carbocycles. The number of aryl methyl sites for hydroxylation is 2. The predicted molar refractivity (Wildman–Crippen MR) is 75.7 cm³/mol. The van der Waals surface area contributed by atoms with Gasteiger partial charge in [0.25, 0.3) is 0 Å². The highest BCUT2D eigenvalue weighted by Crippen LogP contribution is 2.36. The molecule has 0 saturated carbocycles. The molecule has 0 amide bonds. The number of thiophene rings is 1. The van der Waals surface area contributed by atoms with Crippen LogP contribution in [0.1, 0.15) is 34.0 Å². The Kier molecular flexibility index (Phi) is 4.07. The Hall–Kier alpha value is -0.580. The van der Waals surface area contributed by atoms with Gasteiger partial charge >= 0.3 is 0 Å². The fraction of sp³-hybridized carbons (Fsp3) is 0.385. The summed E-state index contributed by atoms with van der Waals surface area (Å²) in [7, 11) is 0. The molecule has 2 aromatic rings. The lowest BCUT2D eigenvalue weighted by Crippen LogP contribution is -2.21. The molecule has 0 fully saturated rings. The van der Waals surface area contributed by atoms with Gasteiger partial charge in [-0.15, -0.1) is 11.3 Å². The van der Waals surface area contributed by atoms with Gasteiger partial charge < -0.3 is 9.73 Å². The van der Waals surface area contributed by atoms with Crippen LogP contribution in [0.4, 0.5) is 0 Å². The molecular weight excluding hydrogens is 298 g/mol. The third kappa shape index (κ3) is 2.64. The van der Waals surface area contributed by atoms with Crippen LogP contribution in [-0.2, 0) is 0 Å². The molecule has 1 N–H and O–H groups in total. The first-order chi connectivity index (χ1) is 8.13. The Morgan fingerprint density at radius 3 is 2.71 bits per heavy atom. The van der Waals surface area contributed by atoms with Crippen LogP contribution >= 0.6 is 27.3 Å². The summed E-state index contributed by atoms with van der Waals surface area (Å²) in [4.78, 5) is 2.63. The van der Waals surface area contributed by atoms with Gasteiger partial charge in [-0.25, -0.2) is 0 Å². The van der Waals surface area contributed by atoms with Crippen molar-refractivity contribution >= 4 is 27.3 Å². The molecular formula is C13H16BrNOS. The van der Waals surface area contributed by atoms with Crippen LogP contribution in [0.15, 0.2) is 27.3 Å². The zero-order chi connectivity index (χ0) is 12.4. The number of nitrogens with one attached hydrogen (secondary N) is 1. The minimum Gasteiger partial charge on any atom is -0.469 e. The van der Waals surface area contributed by atoms with E-state index in [1.54, 1.807) is 6.26 Å². The smallest absolute Gasteiger partial charge is 0.105 e. The molecule has 1 unspecified atom stereocenters. The maximum absolute atomic E-state index is 5.41. The van der Waals surface area contributed by atoms with Crippen LogP contribution in [0, 0.1) is 13.8 Å². The fourth-order valence-electron chi connectivity index (χ4n) is 1.94. The highest BCUT2D eigenvalue weighted by atomic mass is 79.9. The molecule has 0 aromatic carbocycles. The standard InChI is InChI=1S/C13H16BrNOS/c1-4-15-12(10-5-6-16-9(10)3)13-11(14)7-8(2)17-13/h5-7,12,15H,4H2,1-3H3. The van der Waals surface area contributed by atoms with Gasteiger partial charge in [-0.2, -0.15) is 0 Å². The van der Waals surface area contributed by atoms with E-state index in [0.717, 1.165) is 12.3 Å². The molecule has 1 atom stereocenters. The highest BCUT2D eigenvalue weighted by Gasteiger charge is 2.21. The molecule has 0 spiro atoms. The van der Waals surface area contributed by atoms with Gasteiger partial charge in [-0.3, -0.25) is 0 Å². The molecule has 0 aliphatic heterocycles. The van der Waals surface area contributed by atoms with E-state index in [9.17, 15) is 0 Å². The zero-order valence-electron chi connectivity index (χ0n) is 10.2. The largest absolute Gasteiger partial charge is 0.469 e. The minimum absolute atomic E-state index is 0.215. The van der Waals surface area contributed by atoms with Crippen LogP contribution in [0.3, 0.4) is 0 Å². The Balaban J connectivity index is 2.42. The molecule has 0 bridgehead atoms. The van der Waals surface area contributed by atoms with Gasteiger partial charge in [-0.05, 0) is 48.5 Å². The summed E-state index contributed by atoms with van der Waals surface area (Å²) < 4.78 is 6.58. The molecule has 0 radical (unpaired) electrons. The SMILES string of the molecule is CCNC(c1ccoc1C)c1sc(C)cc1Br. The van der Waals surface area contributed by atoms with Crippen molar-refractivity contribution < 1.29 is 4.42 Å². The number of hydrogen-bond donors (Lipinski definition) is 1. The van der Waals surface area contributed by atoms with Crippen molar-refractivity contribution in [2.24, 2.45) is 0 Å². The maximum Gasteiger partial charge on any atom is 0.105 e. The topological polar surface area (TPSA) is 25.2 Å². The van der Waals surface area contributed by atoms with Crippen LogP contribution in [0.5, 0.6) is 0 Å². The Bertz CT molecular complexity index is 503. The monoisotopic (exact) mass is 313 g/mol. The van der Waals surface area contributed by atoms with Crippen LogP contribution in [-0.4, -0.2) is 6.54 Å². The second-order valence-corrected chi connectivity index (χ2v) is 6.13. The van der Waals surface area contributed by atoms with Crippen molar-refractivity contribution in [1.82, 2.24) is 5.32 Å². The summed E-state index contributed by atoms with van der Waals surface area (Å²) in [5, 5.41) is 3.52. The van der Waals surface area contributed by atoms with E-state index < -0.39 is 0 Å². The van der Waals surface area contributed by atoms with Crippen molar-refractivity contribution in [1.29, 1.82) is 0 Å². The number of hydrogen-bond acceptors (Lipinski definition) is 3. The Morgan fingerprint density at radius 2 is 2.24 bits per heavy atom. The molecule has 17 heavy (non-hydrogen) atoms. The summed E-state index contributed by atoms with van der Waals surface area (Å²) in [5.74, 6) is 0.980. The van der Waals surface area contributed by atoms with Crippen molar-refractivity contribution in [3.8, 4) is 0 Å². The maximum atomic E-state index is 5.41. The lowest BCUT2D eigenvalue weighted by molar-refractivity contribution is 0.520. The summed E-state index contributed by atoms with van der Waals surface area (Å²) in [6, 6.07) is 4.43. The van der Waals surface area contributed by atoms with Gasteiger partial charge in [0.15, 0.2) is 0 Å². The minimum atomic E-state index is 0.215. The first-order valence-electron chi connectivity index (χ1n) is 5.66. The van der Waals surface area contributed by atoms with Gasteiger partial charge in [0.1, 0.15) is 5.76 Å². The van der Waals surface area contributed by atoms with Crippen LogP contribution < -0.4 is 5.32 Å². The molecule has 2 aromatic heterocycles. The molecule has 2 heterocycles. The van der Waals surface area contributed by atoms with E-state index in [4.69, 9.17) is 4.42 Å². The van der Waals surface area contributed by atoms with Gasteiger partial charge in [0.2, 0.25) is 0 Å². The number of halogens is 1. The average molecular weight is 314 g/mol. The molecule has 0 saturated heterocycles. The molecule has 4 heteroatoms. The first-order valence-corrected chi connectivity index (χ1v) is 7.27. The summed E-state index contributed by atoms with van der Waals surface area (Å²) in [6.07, 6.45) is 1.75. The van der Waals surface area contributed by atoms with Crippen LogP contribution in [0.2, 0.25) is 0 Å². The summed E-state index contributed by atoms with van der Waals surface area (Å²) in [5.41, 5.74) is 1.22. The second-order valence-electron chi connectivity index (χ2n) is 3.99. The molecule has 92 valence electrons. The van der Waals surface area contributed by atoms with E-state index >= 15 is 0 Å². The van der Waals surface area contributed by atoms with Crippen molar-refractivity contribution in [3.05, 3.63) is 43.9 Å². The first kappa shape index (κ1) is 12.9. The Labute approximate surface area is 114 Å². The van der Waals surface area contributed by atoms with E-state index in [1.165, 1.54) is 19.8 Å². The average Bonchev–Trinajstić information content (AvgIpc) is 2.82. The zero-order valence-corrected chi connectivity index (χ0v) is 12.6.